The van der Waals surface area contributed by atoms with Crippen LogP contribution in [0.5, 0.6) is 11.5 Å². The number of ether oxygens (including phenoxy) is 2. The van der Waals surface area contributed by atoms with E-state index in [2.05, 4.69) is 37.4 Å². The van der Waals surface area contributed by atoms with E-state index in [1.165, 1.54) is 0 Å². The zero-order valence-corrected chi connectivity index (χ0v) is 17.8. The van der Waals surface area contributed by atoms with Gasteiger partial charge in [0, 0.05) is 12.0 Å². The number of rotatable bonds is 5. The first-order valence-corrected chi connectivity index (χ1v) is 10.0. The van der Waals surface area contributed by atoms with Crippen molar-refractivity contribution in [3.63, 3.8) is 0 Å². The van der Waals surface area contributed by atoms with Gasteiger partial charge in [0.1, 0.15) is 17.1 Å². The summed E-state index contributed by atoms with van der Waals surface area (Å²) in [6.07, 6.45) is 0.794. The SMILES string of the molecule is CCC(Oc1cc(C)cc(C)c1)C(=O)NC1CC(C)(C)Oc2cc(C)ccc21. The van der Waals surface area contributed by atoms with E-state index in [0.717, 1.165) is 40.2 Å². The Balaban J connectivity index is 1.78. The largest absolute Gasteiger partial charge is 0.487 e. The maximum absolute atomic E-state index is 13.0. The molecule has 150 valence electrons. The van der Waals surface area contributed by atoms with Crippen LogP contribution in [0.15, 0.2) is 36.4 Å². The molecule has 0 aliphatic carbocycles. The Hall–Kier alpha value is -2.49. The average molecular weight is 382 g/mol. The molecule has 2 atom stereocenters. The van der Waals surface area contributed by atoms with Gasteiger partial charge in [-0.25, -0.2) is 0 Å². The van der Waals surface area contributed by atoms with E-state index in [-0.39, 0.29) is 17.6 Å². The Morgan fingerprint density at radius 2 is 1.82 bits per heavy atom. The number of benzene rings is 2. The second kappa shape index (κ2) is 7.86. The first-order valence-electron chi connectivity index (χ1n) is 10.0. The van der Waals surface area contributed by atoms with Crippen molar-refractivity contribution in [3.8, 4) is 11.5 Å². The van der Waals surface area contributed by atoms with Gasteiger partial charge in [0.2, 0.25) is 0 Å². The third-order valence-electron chi connectivity index (χ3n) is 5.08. The molecule has 2 aromatic rings. The Labute approximate surface area is 168 Å². The lowest BCUT2D eigenvalue weighted by Crippen LogP contribution is -2.45. The lowest BCUT2D eigenvalue weighted by atomic mass is 9.89. The summed E-state index contributed by atoms with van der Waals surface area (Å²) in [6, 6.07) is 12.1. The molecule has 1 N–H and O–H groups in total. The second-order valence-electron chi connectivity index (χ2n) is 8.51. The fourth-order valence-electron chi connectivity index (χ4n) is 3.84. The number of amides is 1. The van der Waals surface area contributed by atoms with Gasteiger partial charge in [-0.1, -0.05) is 25.1 Å². The molecule has 0 fully saturated rings. The predicted molar refractivity (Wildman–Crippen MR) is 112 cm³/mol. The molecule has 4 heteroatoms. The number of hydrogen-bond donors (Lipinski definition) is 1. The Morgan fingerprint density at radius 1 is 1.14 bits per heavy atom. The van der Waals surface area contributed by atoms with Crippen LogP contribution in [0.1, 0.15) is 61.9 Å². The summed E-state index contributed by atoms with van der Waals surface area (Å²) < 4.78 is 12.2. The normalized spacial score (nSPS) is 18.6. The highest BCUT2D eigenvalue weighted by molar-refractivity contribution is 5.81. The Bertz CT molecular complexity index is 852. The van der Waals surface area contributed by atoms with Gasteiger partial charge in [-0.2, -0.15) is 0 Å². The van der Waals surface area contributed by atoms with Crippen LogP contribution < -0.4 is 14.8 Å². The number of hydrogen-bond acceptors (Lipinski definition) is 3. The molecule has 28 heavy (non-hydrogen) atoms. The fourth-order valence-corrected chi connectivity index (χ4v) is 3.84. The molecule has 0 saturated carbocycles. The third kappa shape index (κ3) is 4.67. The van der Waals surface area contributed by atoms with Crippen LogP contribution in [0.25, 0.3) is 0 Å². The highest BCUT2D eigenvalue weighted by Crippen LogP contribution is 2.40. The molecule has 0 bridgehead atoms. The van der Waals surface area contributed by atoms with E-state index in [9.17, 15) is 4.79 Å². The van der Waals surface area contributed by atoms with Gasteiger partial charge in [-0.05, 0) is 75.9 Å². The van der Waals surface area contributed by atoms with Gasteiger partial charge in [-0.15, -0.1) is 0 Å². The summed E-state index contributed by atoms with van der Waals surface area (Å²) in [4.78, 5) is 13.0. The molecule has 0 saturated heterocycles. The number of nitrogens with one attached hydrogen (secondary N) is 1. The minimum absolute atomic E-state index is 0.0871. The van der Waals surface area contributed by atoms with Crippen LogP contribution in [0.3, 0.4) is 0 Å². The highest BCUT2D eigenvalue weighted by atomic mass is 16.5. The Kier molecular flexibility index (Phi) is 5.69. The summed E-state index contributed by atoms with van der Waals surface area (Å²) >= 11 is 0. The molecular formula is C24H31NO3. The number of carbonyl (C=O) groups is 1. The van der Waals surface area contributed by atoms with Gasteiger partial charge in [0.05, 0.1) is 6.04 Å². The van der Waals surface area contributed by atoms with E-state index in [1.54, 1.807) is 0 Å². The van der Waals surface area contributed by atoms with Crippen molar-refractivity contribution in [2.75, 3.05) is 0 Å². The van der Waals surface area contributed by atoms with E-state index >= 15 is 0 Å². The van der Waals surface area contributed by atoms with Crippen molar-refractivity contribution in [3.05, 3.63) is 58.7 Å². The fraction of sp³-hybridized carbons (Fsp3) is 0.458. The zero-order chi connectivity index (χ0) is 20.5. The molecule has 3 rings (SSSR count). The molecule has 1 aliphatic heterocycles. The number of fused-ring (bicyclic) bond motifs is 1. The van der Waals surface area contributed by atoms with Gasteiger partial charge in [0.25, 0.3) is 5.91 Å². The molecule has 0 radical (unpaired) electrons. The van der Waals surface area contributed by atoms with Crippen molar-refractivity contribution in [1.82, 2.24) is 5.32 Å². The van der Waals surface area contributed by atoms with Crippen molar-refractivity contribution in [2.45, 2.75) is 72.1 Å². The maximum Gasteiger partial charge on any atom is 0.261 e. The average Bonchev–Trinajstić information content (AvgIpc) is 2.57. The van der Waals surface area contributed by atoms with Crippen LogP contribution in [-0.2, 0) is 4.79 Å². The van der Waals surface area contributed by atoms with Gasteiger partial charge < -0.3 is 14.8 Å². The highest BCUT2D eigenvalue weighted by Gasteiger charge is 2.35. The molecule has 0 spiro atoms. The van der Waals surface area contributed by atoms with Gasteiger partial charge in [-0.3, -0.25) is 4.79 Å². The monoisotopic (exact) mass is 381 g/mol. The topological polar surface area (TPSA) is 47.6 Å². The van der Waals surface area contributed by atoms with Crippen LogP contribution in [-0.4, -0.2) is 17.6 Å². The number of aryl methyl sites for hydroxylation is 3. The maximum atomic E-state index is 13.0. The molecule has 2 unspecified atom stereocenters. The van der Waals surface area contributed by atoms with Crippen LogP contribution in [0.2, 0.25) is 0 Å². The first kappa shape index (κ1) is 20.2. The second-order valence-corrected chi connectivity index (χ2v) is 8.51. The predicted octanol–water partition coefficient (Wildman–Crippen LogP) is 5.19. The van der Waals surface area contributed by atoms with Crippen molar-refractivity contribution >= 4 is 5.91 Å². The van der Waals surface area contributed by atoms with E-state index in [0.29, 0.717) is 6.42 Å². The minimum Gasteiger partial charge on any atom is -0.487 e. The van der Waals surface area contributed by atoms with Crippen LogP contribution in [0.4, 0.5) is 0 Å². The van der Waals surface area contributed by atoms with Crippen molar-refractivity contribution < 1.29 is 14.3 Å². The van der Waals surface area contributed by atoms with Crippen molar-refractivity contribution in [1.29, 1.82) is 0 Å². The standard InChI is InChI=1S/C24H31NO3/c1-7-21(27-18-11-16(3)10-17(4)12-18)23(26)25-20-14-24(5,6)28-22-13-15(2)8-9-19(20)22/h8-13,20-21H,7,14H2,1-6H3,(H,25,26). The summed E-state index contributed by atoms with van der Waals surface area (Å²) in [6.45, 7) is 12.2. The molecule has 2 aromatic carbocycles. The van der Waals surface area contributed by atoms with E-state index in [1.807, 2.05) is 45.9 Å². The molecule has 1 amide bonds. The number of carbonyl (C=O) groups excluding carboxylic acids is 1. The van der Waals surface area contributed by atoms with Gasteiger partial charge in [0.15, 0.2) is 6.10 Å². The molecule has 4 nitrogen and oxygen atoms in total. The van der Waals surface area contributed by atoms with E-state index < -0.39 is 6.10 Å². The van der Waals surface area contributed by atoms with Crippen LogP contribution in [0, 0.1) is 20.8 Å². The summed E-state index contributed by atoms with van der Waals surface area (Å²) in [7, 11) is 0. The smallest absolute Gasteiger partial charge is 0.261 e. The summed E-state index contributed by atoms with van der Waals surface area (Å²) in [5.41, 5.74) is 4.08. The summed E-state index contributed by atoms with van der Waals surface area (Å²) in [5.74, 6) is 1.50. The molecular weight excluding hydrogens is 350 g/mol. The molecule has 0 aromatic heterocycles. The van der Waals surface area contributed by atoms with E-state index in [4.69, 9.17) is 9.47 Å². The third-order valence-corrected chi connectivity index (χ3v) is 5.08. The van der Waals surface area contributed by atoms with Gasteiger partial charge >= 0.3 is 0 Å². The summed E-state index contributed by atoms with van der Waals surface area (Å²) in [5, 5.41) is 3.21. The first-order chi connectivity index (χ1) is 13.2. The van der Waals surface area contributed by atoms with Crippen LogP contribution >= 0.6 is 0 Å². The minimum atomic E-state index is -0.527. The van der Waals surface area contributed by atoms with Crippen molar-refractivity contribution in [2.24, 2.45) is 0 Å². The lowest BCUT2D eigenvalue weighted by Gasteiger charge is -2.38. The molecule has 1 aliphatic rings. The zero-order valence-electron chi connectivity index (χ0n) is 17.8. The lowest BCUT2D eigenvalue weighted by molar-refractivity contribution is -0.129. The quantitative estimate of drug-likeness (QED) is 0.775. The Morgan fingerprint density at radius 3 is 2.46 bits per heavy atom. The molecule has 1 heterocycles.